The zero-order chi connectivity index (χ0) is 24.5. The number of carbonyl (C=O) groups is 3. The molecule has 0 spiro atoms. The highest BCUT2D eigenvalue weighted by molar-refractivity contribution is 6.44. The number of benzene rings is 1. The van der Waals surface area contributed by atoms with Crippen LogP contribution in [0.4, 0.5) is 10.1 Å². The van der Waals surface area contributed by atoms with Gasteiger partial charge in [-0.05, 0) is 56.4 Å². The Labute approximate surface area is 190 Å². The van der Waals surface area contributed by atoms with Gasteiger partial charge < -0.3 is 20.3 Å². The molecule has 33 heavy (non-hydrogen) atoms. The summed E-state index contributed by atoms with van der Waals surface area (Å²) < 4.78 is 15.0. The molecule has 1 saturated carbocycles. The van der Waals surface area contributed by atoms with Crippen LogP contribution in [0.15, 0.2) is 18.2 Å². The molecule has 3 rings (SSSR count). The molecule has 0 saturated heterocycles. The second kappa shape index (κ2) is 8.89. The highest BCUT2D eigenvalue weighted by Gasteiger charge is 2.46. The molecule has 0 bridgehead atoms. The standard InChI is InChI=1S/C24H23FN4O4/c1-5-24(12-30,16-6-7-16)28-23(33)21(31)19-13(2)20(29(4)14(19)3)22(32)27-17-8-9-18(25)15(10-17)11-26/h1,8-10,16,30H,6-7,12H2,2-4H3,(H,27,32)(H,28,33)/t24-/m0/s1. The molecule has 1 fully saturated rings. The van der Waals surface area contributed by atoms with Crippen LogP contribution < -0.4 is 10.6 Å². The van der Waals surface area contributed by atoms with Gasteiger partial charge in [0.2, 0.25) is 0 Å². The number of terminal acetylenes is 1. The van der Waals surface area contributed by atoms with Gasteiger partial charge in [0.25, 0.3) is 17.6 Å². The molecule has 0 radical (unpaired) electrons. The lowest BCUT2D eigenvalue weighted by molar-refractivity contribution is -0.119. The largest absolute Gasteiger partial charge is 0.393 e. The topological polar surface area (TPSA) is 124 Å². The Morgan fingerprint density at radius 2 is 2.00 bits per heavy atom. The van der Waals surface area contributed by atoms with E-state index in [1.54, 1.807) is 20.0 Å². The number of amides is 2. The zero-order valence-corrected chi connectivity index (χ0v) is 18.5. The molecule has 1 aromatic heterocycles. The van der Waals surface area contributed by atoms with Crippen molar-refractivity contribution in [1.82, 2.24) is 9.88 Å². The average molecular weight is 450 g/mol. The van der Waals surface area contributed by atoms with E-state index in [4.69, 9.17) is 11.7 Å². The van der Waals surface area contributed by atoms with E-state index < -0.39 is 35.6 Å². The number of nitrogens with one attached hydrogen (secondary N) is 2. The first-order chi connectivity index (χ1) is 15.6. The van der Waals surface area contributed by atoms with E-state index in [0.29, 0.717) is 5.69 Å². The summed E-state index contributed by atoms with van der Waals surface area (Å²) in [5.41, 5.74) is -0.487. The predicted octanol–water partition coefficient (Wildman–Crippen LogP) is 1.98. The third kappa shape index (κ3) is 4.23. The lowest BCUT2D eigenvalue weighted by Crippen LogP contribution is -2.54. The van der Waals surface area contributed by atoms with Gasteiger partial charge in [-0.3, -0.25) is 14.4 Å². The van der Waals surface area contributed by atoms with Gasteiger partial charge in [0.05, 0.1) is 17.7 Å². The van der Waals surface area contributed by atoms with Crippen molar-refractivity contribution in [2.24, 2.45) is 13.0 Å². The van der Waals surface area contributed by atoms with Gasteiger partial charge in [-0.1, -0.05) is 5.92 Å². The Bertz CT molecular complexity index is 1250. The van der Waals surface area contributed by atoms with E-state index in [-0.39, 0.29) is 34.0 Å². The fourth-order valence-corrected chi connectivity index (χ4v) is 3.93. The van der Waals surface area contributed by atoms with Crippen LogP contribution in [0.2, 0.25) is 0 Å². The molecule has 0 unspecified atom stereocenters. The van der Waals surface area contributed by atoms with Gasteiger partial charge in [-0.15, -0.1) is 6.42 Å². The number of Topliss-reactive ketones (excluding diaryl/α,β-unsaturated/α-hetero) is 1. The van der Waals surface area contributed by atoms with E-state index in [1.165, 1.54) is 23.6 Å². The molecule has 1 aliphatic carbocycles. The maximum Gasteiger partial charge on any atom is 0.293 e. The van der Waals surface area contributed by atoms with Crippen molar-refractivity contribution in [1.29, 1.82) is 5.26 Å². The highest BCUT2D eigenvalue weighted by Crippen LogP contribution is 2.39. The second-order valence-corrected chi connectivity index (χ2v) is 8.08. The number of aliphatic hydroxyl groups is 1. The van der Waals surface area contributed by atoms with Crippen LogP contribution in [-0.4, -0.2) is 39.4 Å². The summed E-state index contributed by atoms with van der Waals surface area (Å²) in [4.78, 5) is 38.7. The summed E-state index contributed by atoms with van der Waals surface area (Å²) in [6.45, 7) is 2.64. The quantitative estimate of drug-likeness (QED) is 0.338. The number of aromatic nitrogens is 1. The molecule has 1 aromatic carbocycles. The third-order valence-corrected chi connectivity index (χ3v) is 6.04. The summed E-state index contributed by atoms with van der Waals surface area (Å²) in [5, 5.41) is 23.8. The maximum atomic E-state index is 13.6. The third-order valence-electron chi connectivity index (χ3n) is 6.04. The van der Waals surface area contributed by atoms with Crippen LogP contribution in [0.5, 0.6) is 0 Å². The lowest BCUT2D eigenvalue weighted by atomic mass is 9.94. The molecule has 2 amide bonds. The molecule has 3 N–H and O–H groups in total. The van der Waals surface area contributed by atoms with Crippen molar-refractivity contribution in [2.45, 2.75) is 32.2 Å². The minimum absolute atomic E-state index is 0.0524. The van der Waals surface area contributed by atoms with Crippen molar-refractivity contribution in [2.75, 3.05) is 11.9 Å². The van der Waals surface area contributed by atoms with E-state index >= 15 is 0 Å². The zero-order valence-electron chi connectivity index (χ0n) is 18.5. The van der Waals surface area contributed by atoms with E-state index in [1.807, 2.05) is 0 Å². The van der Waals surface area contributed by atoms with Crippen LogP contribution in [0.3, 0.4) is 0 Å². The van der Waals surface area contributed by atoms with Gasteiger partial charge in [-0.25, -0.2) is 4.39 Å². The Morgan fingerprint density at radius 1 is 1.33 bits per heavy atom. The molecular formula is C24H23FN4O4. The minimum Gasteiger partial charge on any atom is -0.393 e. The van der Waals surface area contributed by atoms with Crippen molar-refractivity contribution >= 4 is 23.3 Å². The number of nitrogens with zero attached hydrogens (tertiary/aromatic N) is 2. The minimum atomic E-state index is -1.30. The normalized spacial score (nSPS) is 14.5. The van der Waals surface area contributed by atoms with E-state index in [0.717, 1.165) is 18.9 Å². The van der Waals surface area contributed by atoms with Gasteiger partial charge in [0.15, 0.2) is 0 Å². The average Bonchev–Trinajstić information content (AvgIpc) is 3.61. The Morgan fingerprint density at radius 3 is 2.55 bits per heavy atom. The highest BCUT2D eigenvalue weighted by atomic mass is 19.1. The van der Waals surface area contributed by atoms with Crippen LogP contribution in [0.25, 0.3) is 0 Å². The fraction of sp³-hybridized carbons (Fsp3) is 0.333. The molecular weight excluding hydrogens is 427 g/mol. The lowest BCUT2D eigenvalue weighted by Gasteiger charge is -2.27. The van der Waals surface area contributed by atoms with Crippen molar-refractivity contribution in [3.05, 3.63) is 52.1 Å². The van der Waals surface area contributed by atoms with Crippen LogP contribution in [-0.2, 0) is 11.8 Å². The first-order valence-electron chi connectivity index (χ1n) is 10.2. The molecule has 1 aliphatic rings. The predicted molar refractivity (Wildman–Crippen MR) is 118 cm³/mol. The number of anilines is 1. The monoisotopic (exact) mass is 450 g/mol. The van der Waals surface area contributed by atoms with Crippen molar-refractivity contribution in [3.63, 3.8) is 0 Å². The number of hydrogen-bond donors (Lipinski definition) is 3. The number of hydrogen-bond acceptors (Lipinski definition) is 5. The van der Waals surface area contributed by atoms with E-state index in [9.17, 15) is 23.9 Å². The number of aliphatic hydroxyl groups excluding tert-OH is 1. The Hall–Kier alpha value is -3.95. The van der Waals surface area contributed by atoms with Crippen molar-refractivity contribution < 1.29 is 23.9 Å². The molecule has 0 aliphatic heterocycles. The van der Waals surface area contributed by atoms with Gasteiger partial charge in [0, 0.05) is 18.4 Å². The van der Waals surface area contributed by atoms with Crippen LogP contribution >= 0.6 is 0 Å². The first-order valence-corrected chi connectivity index (χ1v) is 10.2. The molecule has 170 valence electrons. The summed E-state index contributed by atoms with van der Waals surface area (Å²) in [6.07, 6.45) is 7.02. The van der Waals surface area contributed by atoms with Crippen LogP contribution in [0.1, 0.15) is 50.5 Å². The van der Waals surface area contributed by atoms with Gasteiger partial charge >= 0.3 is 0 Å². The number of nitriles is 1. The molecule has 8 nitrogen and oxygen atoms in total. The summed E-state index contributed by atoms with van der Waals surface area (Å²) in [5.74, 6) is -0.828. The summed E-state index contributed by atoms with van der Waals surface area (Å²) in [6, 6.07) is 5.27. The summed E-state index contributed by atoms with van der Waals surface area (Å²) in [7, 11) is 1.57. The molecule has 2 aromatic rings. The van der Waals surface area contributed by atoms with E-state index in [2.05, 4.69) is 16.6 Å². The SMILES string of the molecule is C#C[C@@](CO)(NC(=O)C(=O)c1c(C)c(C(=O)Nc2ccc(F)c(C#N)c2)n(C)c1C)C1CC1. The molecule has 1 heterocycles. The number of rotatable bonds is 7. The van der Waals surface area contributed by atoms with Gasteiger partial charge in [0.1, 0.15) is 23.1 Å². The Balaban J connectivity index is 1.89. The van der Waals surface area contributed by atoms with Crippen LogP contribution in [0, 0.1) is 49.3 Å². The molecule has 1 atom stereocenters. The number of carbonyl (C=O) groups excluding carboxylic acids is 3. The number of halogens is 1. The first kappa shape index (κ1) is 23.7. The van der Waals surface area contributed by atoms with Crippen molar-refractivity contribution in [3.8, 4) is 18.4 Å². The fourth-order valence-electron chi connectivity index (χ4n) is 3.93. The Kier molecular flexibility index (Phi) is 6.39. The molecule has 9 heteroatoms. The smallest absolute Gasteiger partial charge is 0.293 e. The summed E-state index contributed by atoms with van der Waals surface area (Å²) >= 11 is 0. The maximum absolute atomic E-state index is 13.6. The second-order valence-electron chi connectivity index (χ2n) is 8.08. The van der Waals surface area contributed by atoms with Gasteiger partial charge in [-0.2, -0.15) is 5.26 Å². The number of ketones is 1.